The average Bonchev–Trinajstić information content (AvgIpc) is 3.25. The third-order valence-electron chi connectivity index (χ3n) is 4.04. The van der Waals surface area contributed by atoms with E-state index < -0.39 is 0 Å². The fourth-order valence-corrected chi connectivity index (χ4v) is 2.82. The van der Waals surface area contributed by atoms with Crippen molar-refractivity contribution in [3.8, 4) is 0 Å². The number of para-hydroxylation sites is 2. The minimum absolute atomic E-state index is 0.133. The molecule has 0 bridgehead atoms. The summed E-state index contributed by atoms with van der Waals surface area (Å²) >= 11 is 0. The Morgan fingerprint density at radius 1 is 1.40 bits per heavy atom. The van der Waals surface area contributed by atoms with Crippen LogP contribution in [-0.4, -0.2) is 28.6 Å². The fraction of sp³-hybridized carbons (Fsp3) is 0.467. The third-order valence-corrected chi connectivity index (χ3v) is 4.04. The summed E-state index contributed by atoms with van der Waals surface area (Å²) in [5.74, 6) is 1.38. The van der Waals surface area contributed by atoms with Crippen molar-refractivity contribution in [1.29, 1.82) is 0 Å². The van der Waals surface area contributed by atoms with Crippen LogP contribution in [0.1, 0.15) is 24.7 Å². The number of aromatic nitrogens is 2. The van der Waals surface area contributed by atoms with Crippen LogP contribution in [0.4, 0.5) is 0 Å². The second kappa shape index (κ2) is 4.59. The Kier molecular flexibility index (Phi) is 2.73. The maximum atomic E-state index is 11.8. The molecule has 5 nitrogen and oxygen atoms in total. The minimum atomic E-state index is 0.133. The predicted molar refractivity (Wildman–Crippen MR) is 74.2 cm³/mol. The molecule has 2 aromatic rings. The molecule has 0 saturated heterocycles. The monoisotopic (exact) mass is 271 g/mol. The van der Waals surface area contributed by atoms with Gasteiger partial charge in [-0.1, -0.05) is 12.1 Å². The number of hydrogen-bond donors (Lipinski definition) is 1. The van der Waals surface area contributed by atoms with E-state index in [1.54, 1.807) is 0 Å². The van der Waals surface area contributed by atoms with E-state index in [1.165, 1.54) is 0 Å². The minimum Gasteiger partial charge on any atom is -0.371 e. The number of rotatable bonds is 3. The first-order chi connectivity index (χ1) is 9.83. The number of fused-ring (bicyclic) bond motifs is 3. The summed E-state index contributed by atoms with van der Waals surface area (Å²) in [5, 5.41) is 3.04. The highest BCUT2D eigenvalue weighted by atomic mass is 16.5. The number of carbonyl (C=O) groups is 1. The predicted octanol–water partition coefficient (Wildman–Crippen LogP) is 1.63. The van der Waals surface area contributed by atoms with E-state index >= 15 is 0 Å². The van der Waals surface area contributed by atoms with Gasteiger partial charge in [-0.05, 0) is 25.0 Å². The molecule has 2 aliphatic rings. The summed E-state index contributed by atoms with van der Waals surface area (Å²) in [6.45, 7) is 1.78. The van der Waals surface area contributed by atoms with Crippen molar-refractivity contribution in [1.82, 2.24) is 14.9 Å². The summed E-state index contributed by atoms with van der Waals surface area (Å²) < 4.78 is 7.83. The molecule has 5 heteroatoms. The molecule has 1 atom stereocenters. The van der Waals surface area contributed by atoms with Crippen LogP contribution < -0.4 is 5.32 Å². The zero-order valence-electron chi connectivity index (χ0n) is 11.2. The van der Waals surface area contributed by atoms with Gasteiger partial charge in [0.05, 0.1) is 23.7 Å². The molecule has 20 heavy (non-hydrogen) atoms. The second-order valence-electron chi connectivity index (χ2n) is 5.58. The Balaban J connectivity index is 1.61. The lowest BCUT2D eigenvalue weighted by molar-refractivity contribution is -0.122. The van der Waals surface area contributed by atoms with Crippen molar-refractivity contribution in [2.75, 3.05) is 13.2 Å². The highest BCUT2D eigenvalue weighted by molar-refractivity contribution is 5.81. The quantitative estimate of drug-likeness (QED) is 0.923. The molecule has 104 valence electrons. The Morgan fingerprint density at radius 2 is 2.25 bits per heavy atom. The molecule has 1 N–H and O–H groups in total. The van der Waals surface area contributed by atoms with Crippen molar-refractivity contribution in [3.05, 3.63) is 30.1 Å². The van der Waals surface area contributed by atoms with Crippen LogP contribution in [-0.2, 0) is 16.1 Å². The van der Waals surface area contributed by atoms with Crippen LogP contribution in [0.5, 0.6) is 0 Å². The van der Waals surface area contributed by atoms with E-state index in [0.29, 0.717) is 19.8 Å². The lowest BCUT2D eigenvalue weighted by atomic mass is 10.2. The highest BCUT2D eigenvalue weighted by Gasteiger charge is 2.31. The number of hydrogen-bond acceptors (Lipinski definition) is 3. The Bertz CT molecular complexity index is 660. The van der Waals surface area contributed by atoms with Crippen molar-refractivity contribution in [3.63, 3.8) is 0 Å². The first-order valence-corrected chi connectivity index (χ1v) is 7.14. The maximum absolute atomic E-state index is 11.8. The van der Waals surface area contributed by atoms with Crippen molar-refractivity contribution in [2.45, 2.75) is 25.5 Å². The fourth-order valence-electron chi connectivity index (χ4n) is 2.82. The Labute approximate surface area is 116 Å². The van der Waals surface area contributed by atoms with Gasteiger partial charge in [-0.15, -0.1) is 0 Å². The van der Waals surface area contributed by atoms with Gasteiger partial charge in [0.15, 0.2) is 0 Å². The molecule has 2 heterocycles. The first kappa shape index (κ1) is 11.9. The van der Waals surface area contributed by atoms with Crippen molar-refractivity contribution >= 4 is 16.9 Å². The SMILES string of the molecule is O=C(NCC1COCc2nc3ccccc3n21)C1CC1. The molecule has 1 aliphatic carbocycles. The first-order valence-electron chi connectivity index (χ1n) is 7.14. The van der Waals surface area contributed by atoms with Crippen LogP contribution in [0.3, 0.4) is 0 Å². The largest absolute Gasteiger partial charge is 0.371 e. The molecule has 1 aromatic heterocycles. The number of benzene rings is 1. The number of nitrogens with one attached hydrogen (secondary N) is 1. The van der Waals surface area contributed by atoms with Gasteiger partial charge in [-0.25, -0.2) is 4.98 Å². The van der Waals surface area contributed by atoms with E-state index in [1.807, 2.05) is 18.2 Å². The number of imidazole rings is 1. The van der Waals surface area contributed by atoms with E-state index in [9.17, 15) is 4.79 Å². The molecule has 1 aliphatic heterocycles. The molecule has 0 spiro atoms. The number of carbonyl (C=O) groups excluding carboxylic acids is 1. The normalized spacial score (nSPS) is 21.7. The molecule has 1 saturated carbocycles. The second-order valence-corrected chi connectivity index (χ2v) is 5.58. The van der Waals surface area contributed by atoms with Crippen LogP contribution in [0.15, 0.2) is 24.3 Å². The summed E-state index contributed by atoms with van der Waals surface area (Å²) in [7, 11) is 0. The number of amides is 1. The summed E-state index contributed by atoms with van der Waals surface area (Å²) in [6.07, 6.45) is 2.07. The van der Waals surface area contributed by atoms with Gasteiger partial charge >= 0.3 is 0 Å². The standard InChI is InChI=1S/C15H17N3O2/c19-15(10-5-6-10)16-7-11-8-20-9-14-17-12-3-1-2-4-13(12)18(11)14/h1-4,10-11H,5-9H2,(H,16,19). The molecule has 1 unspecified atom stereocenters. The van der Waals surface area contributed by atoms with Crippen LogP contribution in [0.2, 0.25) is 0 Å². The molecule has 4 rings (SSSR count). The summed E-state index contributed by atoms with van der Waals surface area (Å²) in [6, 6.07) is 8.24. The lowest BCUT2D eigenvalue weighted by Crippen LogP contribution is -2.36. The zero-order valence-corrected chi connectivity index (χ0v) is 11.2. The molecule has 1 fully saturated rings. The van der Waals surface area contributed by atoms with E-state index in [2.05, 4.69) is 20.9 Å². The van der Waals surface area contributed by atoms with Crippen LogP contribution >= 0.6 is 0 Å². The van der Waals surface area contributed by atoms with Crippen LogP contribution in [0.25, 0.3) is 11.0 Å². The number of nitrogens with zero attached hydrogens (tertiary/aromatic N) is 2. The average molecular weight is 271 g/mol. The van der Waals surface area contributed by atoms with E-state index in [0.717, 1.165) is 29.7 Å². The highest BCUT2D eigenvalue weighted by Crippen LogP contribution is 2.29. The molecular weight excluding hydrogens is 254 g/mol. The van der Waals surface area contributed by atoms with E-state index in [4.69, 9.17) is 4.74 Å². The van der Waals surface area contributed by atoms with Crippen LogP contribution in [0, 0.1) is 5.92 Å². The maximum Gasteiger partial charge on any atom is 0.223 e. The van der Waals surface area contributed by atoms with Crippen molar-refractivity contribution < 1.29 is 9.53 Å². The topological polar surface area (TPSA) is 56.1 Å². The molecule has 1 aromatic carbocycles. The van der Waals surface area contributed by atoms with Gasteiger partial charge in [-0.2, -0.15) is 0 Å². The smallest absolute Gasteiger partial charge is 0.223 e. The van der Waals surface area contributed by atoms with Gasteiger partial charge in [-0.3, -0.25) is 4.79 Å². The van der Waals surface area contributed by atoms with Gasteiger partial charge in [0.1, 0.15) is 12.4 Å². The third kappa shape index (κ3) is 1.98. The Morgan fingerprint density at radius 3 is 3.10 bits per heavy atom. The Hall–Kier alpha value is -1.88. The summed E-state index contributed by atoms with van der Waals surface area (Å²) in [5.41, 5.74) is 2.11. The van der Waals surface area contributed by atoms with Gasteiger partial charge in [0.25, 0.3) is 0 Å². The zero-order chi connectivity index (χ0) is 13.5. The molecular formula is C15H17N3O2. The summed E-state index contributed by atoms with van der Waals surface area (Å²) in [4.78, 5) is 16.4. The molecule has 1 amide bonds. The van der Waals surface area contributed by atoms with Gasteiger partial charge < -0.3 is 14.6 Å². The van der Waals surface area contributed by atoms with Gasteiger partial charge in [0, 0.05) is 12.5 Å². The van der Waals surface area contributed by atoms with E-state index in [-0.39, 0.29) is 17.9 Å². The van der Waals surface area contributed by atoms with Gasteiger partial charge in [0.2, 0.25) is 5.91 Å². The van der Waals surface area contributed by atoms with Crippen molar-refractivity contribution in [2.24, 2.45) is 5.92 Å². The number of ether oxygens (including phenoxy) is 1. The molecule has 0 radical (unpaired) electrons. The lowest BCUT2D eigenvalue weighted by Gasteiger charge is -2.26.